The highest BCUT2D eigenvalue weighted by atomic mass is 14.9. The highest BCUT2D eigenvalue weighted by molar-refractivity contribution is 5.11. The second kappa shape index (κ2) is 3.85. The van der Waals surface area contributed by atoms with E-state index in [4.69, 9.17) is 5.26 Å². The zero-order chi connectivity index (χ0) is 9.86. The van der Waals surface area contributed by atoms with Crippen molar-refractivity contribution >= 4 is 0 Å². The van der Waals surface area contributed by atoms with Crippen LogP contribution in [0.4, 0.5) is 0 Å². The first-order chi connectivity index (χ1) is 6.85. The van der Waals surface area contributed by atoms with Gasteiger partial charge >= 0.3 is 0 Å². The molecule has 2 rings (SSSR count). The number of hydrogen-bond donors (Lipinski definition) is 2. The molecule has 0 bridgehead atoms. The van der Waals surface area contributed by atoms with Crippen LogP contribution in [0, 0.1) is 16.7 Å². The fraction of sp³-hybridized carbons (Fsp3) is 0.545. The second-order valence-electron chi connectivity index (χ2n) is 4.01. The molecule has 1 aromatic heterocycles. The average molecular weight is 189 g/mol. The Morgan fingerprint density at radius 3 is 3.00 bits per heavy atom. The first kappa shape index (κ1) is 9.29. The number of rotatable bonds is 5. The average Bonchev–Trinajstić information content (AvgIpc) is 2.81. The summed E-state index contributed by atoms with van der Waals surface area (Å²) in [5, 5.41) is 12.2. The van der Waals surface area contributed by atoms with Gasteiger partial charge in [-0.2, -0.15) is 5.26 Å². The molecule has 1 heterocycles. The van der Waals surface area contributed by atoms with Crippen molar-refractivity contribution in [2.45, 2.75) is 19.3 Å². The van der Waals surface area contributed by atoms with Crippen LogP contribution in [0.25, 0.3) is 0 Å². The maximum Gasteiger partial charge on any atom is 0.0703 e. The van der Waals surface area contributed by atoms with Gasteiger partial charge in [-0.25, -0.2) is 0 Å². The fourth-order valence-electron chi connectivity index (χ4n) is 1.55. The van der Waals surface area contributed by atoms with Crippen molar-refractivity contribution in [2.24, 2.45) is 5.41 Å². The summed E-state index contributed by atoms with van der Waals surface area (Å²) in [4.78, 5) is 3.16. The molecular weight excluding hydrogens is 174 g/mol. The Balaban J connectivity index is 1.63. The molecule has 1 fully saturated rings. The van der Waals surface area contributed by atoms with Crippen LogP contribution in [0.15, 0.2) is 18.3 Å². The lowest BCUT2D eigenvalue weighted by molar-refractivity contribution is 0.558. The van der Waals surface area contributed by atoms with Crippen LogP contribution >= 0.6 is 0 Å². The lowest BCUT2D eigenvalue weighted by Gasteiger charge is -2.06. The van der Waals surface area contributed by atoms with Crippen molar-refractivity contribution < 1.29 is 0 Å². The number of aromatic amines is 1. The molecule has 0 radical (unpaired) electrons. The predicted octanol–water partition coefficient (Wildman–Crippen LogP) is 1.45. The van der Waals surface area contributed by atoms with E-state index >= 15 is 0 Å². The van der Waals surface area contributed by atoms with Gasteiger partial charge in [-0.05, 0) is 31.4 Å². The molecular formula is C11H15N3. The van der Waals surface area contributed by atoms with Crippen molar-refractivity contribution in [1.29, 1.82) is 5.26 Å². The van der Waals surface area contributed by atoms with E-state index in [1.54, 1.807) is 0 Å². The van der Waals surface area contributed by atoms with Crippen LogP contribution in [-0.2, 0) is 6.42 Å². The molecule has 3 heteroatoms. The minimum atomic E-state index is -0.0181. The number of hydrogen-bond acceptors (Lipinski definition) is 2. The molecule has 74 valence electrons. The van der Waals surface area contributed by atoms with Crippen molar-refractivity contribution in [3.63, 3.8) is 0 Å². The third kappa shape index (κ3) is 2.15. The molecule has 1 aliphatic rings. The number of aromatic nitrogens is 1. The fourth-order valence-corrected chi connectivity index (χ4v) is 1.55. The van der Waals surface area contributed by atoms with E-state index in [2.05, 4.69) is 22.4 Å². The Hall–Kier alpha value is -1.27. The molecule has 0 spiro atoms. The SMILES string of the molecule is N#CC1(CNCCc2ccc[nH]2)CC1. The van der Waals surface area contributed by atoms with E-state index < -0.39 is 0 Å². The molecule has 1 aliphatic carbocycles. The minimum absolute atomic E-state index is 0.0181. The Kier molecular flexibility index (Phi) is 2.55. The quantitative estimate of drug-likeness (QED) is 0.689. The Morgan fingerprint density at radius 2 is 2.43 bits per heavy atom. The molecule has 3 nitrogen and oxygen atoms in total. The van der Waals surface area contributed by atoms with Gasteiger partial charge in [0, 0.05) is 25.0 Å². The van der Waals surface area contributed by atoms with Crippen LogP contribution < -0.4 is 5.32 Å². The molecule has 0 amide bonds. The molecule has 2 N–H and O–H groups in total. The van der Waals surface area contributed by atoms with E-state index in [1.807, 2.05) is 12.3 Å². The number of nitrogens with zero attached hydrogens (tertiary/aromatic N) is 1. The number of nitrogens with one attached hydrogen (secondary N) is 2. The first-order valence-corrected chi connectivity index (χ1v) is 5.09. The molecule has 0 unspecified atom stereocenters. The zero-order valence-corrected chi connectivity index (χ0v) is 8.21. The molecule has 0 aromatic carbocycles. The third-order valence-corrected chi connectivity index (χ3v) is 2.79. The van der Waals surface area contributed by atoms with Gasteiger partial charge in [0.1, 0.15) is 0 Å². The Labute approximate surface area is 84.1 Å². The molecule has 1 saturated carbocycles. The predicted molar refractivity (Wildman–Crippen MR) is 54.6 cm³/mol. The van der Waals surface area contributed by atoms with Gasteiger partial charge in [0.2, 0.25) is 0 Å². The Morgan fingerprint density at radius 1 is 1.57 bits per heavy atom. The van der Waals surface area contributed by atoms with Crippen LogP contribution in [0.5, 0.6) is 0 Å². The van der Waals surface area contributed by atoms with Crippen molar-refractivity contribution in [3.8, 4) is 6.07 Å². The van der Waals surface area contributed by atoms with Crippen molar-refractivity contribution in [1.82, 2.24) is 10.3 Å². The highest BCUT2D eigenvalue weighted by Gasteiger charge is 2.42. The summed E-state index contributed by atoms with van der Waals surface area (Å²) in [5.74, 6) is 0. The van der Waals surface area contributed by atoms with Crippen LogP contribution in [0.3, 0.4) is 0 Å². The zero-order valence-electron chi connectivity index (χ0n) is 8.21. The molecule has 0 saturated heterocycles. The van der Waals surface area contributed by atoms with Gasteiger partial charge in [-0.3, -0.25) is 0 Å². The summed E-state index contributed by atoms with van der Waals surface area (Å²) in [6.07, 6.45) is 5.08. The van der Waals surface area contributed by atoms with Crippen molar-refractivity contribution in [3.05, 3.63) is 24.0 Å². The summed E-state index contributed by atoms with van der Waals surface area (Å²) < 4.78 is 0. The van der Waals surface area contributed by atoms with Crippen LogP contribution in [-0.4, -0.2) is 18.1 Å². The standard InChI is InChI=1S/C11H15N3/c12-8-11(4-5-11)9-13-7-3-10-2-1-6-14-10/h1-2,6,13-14H,3-5,7,9H2. The summed E-state index contributed by atoms with van der Waals surface area (Å²) in [5.41, 5.74) is 1.23. The lowest BCUT2D eigenvalue weighted by atomic mass is 10.1. The topological polar surface area (TPSA) is 51.6 Å². The molecule has 0 aliphatic heterocycles. The highest BCUT2D eigenvalue weighted by Crippen LogP contribution is 2.43. The Bertz CT molecular complexity index is 317. The van der Waals surface area contributed by atoms with Gasteiger partial charge in [0.15, 0.2) is 0 Å². The summed E-state index contributed by atoms with van der Waals surface area (Å²) in [6, 6.07) is 6.46. The number of H-pyrrole nitrogens is 1. The minimum Gasteiger partial charge on any atom is -0.365 e. The summed E-state index contributed by atoms with van der Waals surface area (Å²) in [6.45, 7) is 1.80. The van der Waals surface area contributed by atoms with E-state index in [1.165, 1.54) is 5.69 Å². The van der Waals surface area contributed by atoms with Gasteiger partial charge < -0.3 is 10.3 Å². The van der Waals surface area contributed by atoms with Crippen LogP contribution in [0.1, 0.15) is 18.5 Å². The molecule has 1 aromatic rings. The molecule has 0 atom stereocenters. The van der Waals surface area contributed by atoms with Gasteiger partial charge in [0.25, 0.3) is 0 Å². The third-order valence-electron chi connectivity index (χ3n) is 2.79. The molecule has 14 heavy (non-hydrogen) atoms. The first-order valence-electron chi connectivity index (χ1n) is 5.09. The van der Waals surface area contributed by atoms with Gasteiger partial charge in [-0.1, -0.05) is 0 Å². The summed E-state index contributed by atoms with van der Waals surface area (Å²) >= 11 is 0. The smallest absolute Gasteiger partial charge is 0.0703 e. The second-order valence-corrected chi connectivity index (χ2v) is 4.01. The van der Waals surface area contributed by atoms with E-state index in [9.17, 15) is 0 Å². The maximum atomic E-state index is 8.84. The normalized spacial score (nSPS) is 17.6. The number of nitriles is 1. The van der Waals surface area contributed by atoms with E-state index in [0.29, 0.717) is 0 Å². The lowest BCUT2D eigenvalue weighted by Crippen LogP contribution is -2.25. The van der Waals surface area contributed by atoms with Crippen molar-refractivity contribution in [2.75, 3.05) is 13.1 Å². The van der Waals surface area contributed by atoms with E-state index in [-0.39, 0.29) is 5.41 Å². The van der Waals surface area contributed by atoms with Gasteiger partial charge in [0.05, 0.1) is 11.5 Å². The largest absolute Gasteiger partial charge is 0.365 e. The van der Waals surface area contributed by atoms with Gasteiger partial charge in [-0.15, -0.1) is 0 Å². The summed E-state index contributed by atoms with van der Waals surface area (Å²) in [7, 11) is 0. The maximum absolute atomic E-state index is 8.84. The van der Waals surface area contributed by atoms with Crippen LogP contribution in [0.2, 0.25) is 0 Å². The monoisotopic (exact) mass is 189 g/mol. The van der Waals surface area contributed by atoms with E-state index in [0.717, 1.165) is 32.4 Å².